The molecule has 0 aromatic heterocycles. The van der Waals surface area contributed by atoms with E-state index in [2.05, 4.69) is 0 Å². The summed E-state index contributed by atoms with van der Waals surface area (Å²) in [5.74, 6) is -1.91. The number of rotatable bonds is 11. The van der Waals surface area contributed by atoms with Crippen LogP contribution >= 0.6 is 0 Å². The normalized spacial score (nSPS) is 13.7. The first kappa shape index (κ1) is 22.1. The molecule has 1 aromatic rings. The van der Waals surface area contributed by atoms with Crippen molar-refractivity contribution in [1.82, 2.24) is 0 Å². The Balaban J connectivity index is 3.17. The highest BCUT2D eigenvalue weighted by molar-refractivity contribution is 7.92. The molecule has 1 aromatic carbocycles. The Labute approximate surface area is 154 Å². The van der Waals surface area contributed by atoms with Gasteiger partial charge < -0.3 is 9.84 Å². The molecule has 0 aliphatic rings. The number of carboxylic acids is 1. The first-order valence-corrected chi connectivity index (χ1v) is 10.8. The van der Waals surface area contributed by atoms with Gasteiger partial charge in [0.25, 0.3) is 11.3 Å². The number of hydrogen-bond donors (Lipinski definition) is 2. The van der Waals surface area contributed by atoms with Gasteiger partial charge in [0.05, 0.1) is 11.3 Å². The van der Waals surface area contributed by atoms with Crippen molar-refractivity contribution < 1.29 is 36.6 Å². The average molecular weight is 407 g/mol. The molecule has 1 rings (SSSR count). The molecule has 2 unspecified atom stereocenters. The molecule has 0 saturated heterocycles. The number of carbonyl (C=O) groups is 2. The van der Waals surface area contributed by atoms with Crippen LogP contribution in [0.1, 0.15) is 36.5 Å². The molecule has 146 valence electrons. The standard InChI is InChI=1S/C15H21NO8S2/c1-3-4-5-14(15(18)19)24-13-7-6-12(8-11(13)9-17)16(25(20)21)10-26(2,22)23/h6-9,14H,3-5,10H2,1-2H3,(H,18,19)(H,20,21). The summed E-state index contributed by atoms with van der Waals surface area (Å²) >= 11 is -2.64. The van der Waals surface area contributed by atoms with E-state index in [1.54, 1.807) is 0 Å². The van der Waals surface area contributed by atoms with Crippen molar-refractivity contribution in [3.63, 3.8) is 0 Å². The molecule has 9 nitrogen and oxygen atoms in total. The van der Waals surface area contributed by atoms with E-state index in [0.29, 0.717) is 17.0 Å². The van der Waals surface area contributed by atoms with Gasteiger partial charge in [-0.2, -0.15) is 0 Å². The summed E-state index contributed by atoms with van der Waals surface area (Å²) in [6.07, 6.45) is 1.81. The number of aldehydes is 1. The molecular formula is C15H21NO8S2. The lowest BCUT2D eigenvalue weighted by Crippen LogP contribution is -2.31. The zero-order valence-electron chi connectivity index (χ0n) is 14.3. The number of anilines is 1. The number of carbonyl (C=O) groups excluding carboxylic acids is 1. The van der Waals surface area contributed by atoms with Gasteiger partial charge in [-0.3, -0.25) is 13.7 Å². The molecular weight excluding hydrogens is 386 g/mol. The molecule has 0 radical (unpaired) electrons. The topological polar surface area (TPSA) is 138 Å². The number of nitrogens with zero attached hydrogens (tertiary/aromatic N) is 1. The van der Waals surface area contributed by atoms with Gasteiger partial charge >= 0.3 is 5.97 Å². The molecule has 2 N–H and O–H groups in total. The molecule has 0 aliphatic carbocycles. The van der Waals surface area contributed by atoms with E-state index in [4.69, 9.17) is 4.74 Å². The van der Waals surface area contributed by atoms with Crippen molar-refractivity contribution in [3.05, 3.63) is 23.8 Å². The van der Waals surface area contributed by atoms with Crippen LogP contribution in [0.4, 0.5) is 5.69 Å². The van der Waals surface area contributed by atoms with Crippen LogP contribution in [0.15, 0.2) is 18.2 Å². The minimum Gasteiger partial charge on any atom is -0.479 e. The SMILES string of the molecule is CCCCC(Oc1ccc(N(CS(C)(=O)=O)S(=O)O)cc1C=O)C(=O)O. The van der Waals surface area contributed by atoms with Crippen molar-refractivity contribution in [2.75, 3.05) is 16.4 Å². The van der Waals surface area contributed by atoms with Crippen molar-refractivity contribution in [2.24, 2.45) is 0 Å². The number of unbranched alkanes of at least 4 members (excludes halogenated alkanes) is 1. The van der Waals surface area contributed by atoms with Crippen LogP contribution in [0.5, 0.6) is 5.75 Å². The molecule has 0 saturated carbocycles. The lowest BCUT2D eigenvalue weighted by Gasteiger charge is -2.21. The molecule has 2 atom stereocenters. The van der Waals surface area contributed by atoms with Gasteiger partial charge in [0.15, 0.2) is 22.2 Å². The van der Waals surface area contributed by atoms with E-state index in [9.17, 15) is 31.9 Å². The van der Waals surface area contributed by atoms with Crippen LogP contribution in [0.25, 0.3) is 0 Å². The van der Waals surface area contributed by atoms with E-state index in [-0.39, 0.29) is 23.4 Å². The van der Waals surface area contributed by atoms with E-state index in [0.717, 1.165) is 12.7 Å². The highest BCUT2D eigenvalue weighted by Crippen LogP contribution is 2.26. The smallest absolute Gasteiger partial charge is 0.344 e. The molecule has 0 spiro atoms. The zero-order chi connectivity index (χ0) is 19.9. The maximum Gasteiger partial charge on any atom is 0.344 e. The third kappa shape index (κ3) is 6.73. The van der Waals surface area contributed by atoms with Gasteiger partial charge in [-0.15, -0.1) is 0 Å². The Morgan fingerprint density at radius 1 is 1.42 bits per heavy atom. The first-order valence-electron chi connectivity index (χ1n) is 7.64. The van der Waals surface area contributed by atoms with E-state index in [1.807, 2.05) is 6.92 Å². The van der Waals surface area contributed by atoms with Crippen LogP contribution in [0, 0.1) is 0 Å². The monoisotopic (exact) mass is 407 g/mol. The fourth-order valence-corrected chi connectivity index (χ4v) is 3.89. The summed E-state index contributed by atoms with van der Waals surface area (Å²) in [7, 11) is -3.61. The molecule has 26 heavy (non-hydrogen) atoms. The average Bonchev–Trinajstić information content (AvgIpc) is 2.55. The largest absolute Gasteiger partial charge is 0.479 e. The highest BCUT2D eigenvalue weighted by Gasteiger charge is 2.22. The molecule has 0 aliphatic heterocycles. The van der Waals surface area contributed by atoms with E-state index in [1.165, 1.54) is 18.2 Å². The zero-order valence-corrected chi connectivity index (χ0v) is 16.0. The van der Waals surface area contributed by atoms with E-state index < -0.39 is 39.1 Å². The van der Waals surface area contributed by atoms with Crippen LogP contribution in [-0.4, -0.2) is 52.8 Å². The highest BCUT2D eigenvalue weighted by atomic mass is 32.2. The lowest BCUT2D eigenvalue weighted by atomic mass is 10.1. The second-order valence-corrected chi connectivity index (χ2v) is 8.60. The van der Waals surface area contributed by atoms with Gasteiger partial charge in [0.2, 0.25) is 0 Å². The maximum absolute atomic E-state index is 11.4. The minimum absolute atomic E-state index is 0.00437. The fraction of sp³-hybridized carbons (Fsp3) is 0.467. The Morgan fingerprint density at radius 2 is 2.08 bits per heavy atom. The first-order chi connectivity index (χ1) is 12.1. The summed E-state index contributed by atoms with van der Waals surface area (Å²) in [6, 6.07) is 3.71. The number of benzene rings is 1. The van der Waals surface area contributed by atoms with Gasteiger partial charge in [-0.25, -0.2) is 17.4 Å². The number of ether oxygens (including phenoxy) is 1. The lowest BCUT2D eigenvalue weighted by molar-refractivity contribution is -0.145. The van der Waals surface area contributed by atoms with Crippen molar-refractivity contribution >= 4 is 39.0 Å². The third-order valence-electron chi connectivity index (χ3n) is 3.31. The predicted molar refractivity (Wildman–Crippen MR) is 96.4 cm³/mol. The van der Waals surface area contributed by atoms with E-state index >= 15 is 0 Å². The molecule has 0 bridgehead atoms. The number of carboxylic acid groups (broad SMARTS) is 1. The maximum atomic E-state index is 11.4. The molecule has 0 heterocycles. The van der Waals surface area contributed by atoms with Gasteiger partial charge in [0, 0.05) is 6.26 Å². The van der Waals surface area contributed by atoms with Crippen LogP contribution in [-0.2, 0) is 25.9 Å². The number of hydrogen-bond acceptors (Lipinski definition) is 6. The molecule has 0 amide bonds. The molecule has 11 heteroatoms. The third-order valence-corrected chi connectivity index (χ3v) is 4.92. The van der Waals surface area contributed by atoms with Crippen molar-refractivity contribution in [1.29, 1.82) is 0 Å². The van der Waals surface area contributed by atoms with Crippen LogP contribution < -0.4 is 9.04 Å². The Bertz CT molecular complexity index is 778. The van der Waals surface area contributed by atoms with Crippen LogP contribution in [0.2, 0.25) is 0 Å². The Morgan fingerprint density at radius 3 is 2.54 bits per heavy atom. The summed E-state index contributed by atoms with van der Waals surface area (Å²) in [6.45, 7) is 1.90. The Hall–Kier alpha value is -1.98. The van der Waals surface area contributed by atoms with Crippen molar-refractivity contribution in [2.45, 2.75) is 32.3 Å². The summed E-state index contributed by atoms with van der Waals surface area (Å²) in [4.78, 5) is 22.6. The minimum atomic E-state index is -3.61. The second kappa shape index (κ2) is 9.64. The predicted octanol–water partition coefficient (Wildman–Crippen LogP) is 1.47. The quantitative estimate of drug-likeness (QED) is 0.415. The second-order valence-electron chi connectivity index (χ2n) is 5.59. The fourth-order valence-electron chi connectivity index (χ4n) is 2.09. The van der Waals surface area contributed by atoms with Crippen LogP contribution in [0.3, 0.4) is 0 Å². The van der Waals surface area contributed by atoms with Crippen molar-refractivity contribution in [3.8, 4) is 5.75 Å². The Kier molecular flexibility index (Phi) is 8.18. The molecule has 0 fully saturated rings. The van der Waals surface area contributed by atoms with Gasteiger partial charge in [-0.1, -0.05) is 13.3 Å². The summed E-state index contributed by atoms with van der Waals surface area (Å²) < 4.78 is 49.6. The number of sulfone groups is 1. The van der Waals surface area contributed by atoms with Gasteiger partial charge in [-0.05, 0) is 31.0 Å². The summed E-state index contributed by atoms with van der Waals surface area (Å²) in [5.41, 5.74) is -0.0552. The summed E-state index contributed by atoms with van der Waals surface area (Å²) in [5, 5.41) is 9.21. The van der Waals surface area contributed by atoms with Gasteiger partial charge in [0.1, 0.15) is 11.6 Å². The number of aliphatic carboxylic acids is 1.